The van der Waals surface area contributed by atoms with Crippen molar-refractivity contribution in [1.29, 1.82) is 0 Å². The Morgan fingerprint density at radius 2 is 1.52 bits per heavy atom. The number of carbonyl (C=O) groups excluding carboxylic acids is 3. The van der Waals surface area contributed by atoms with Crippen molar-refractivity contribution in [1.82, 2.24) is 10.6 Å². The molecule has 0 heterocycles. The first-order chi connectivity index (χ1) is 13.0. The molecule has 3 amide bonds. The van der Waals surface area contributed by atoms with Gasteiger partial charge in [-0.3, -0.25) is 14.4 Å². The Morgan fingerprint density at radius 3 is 2.04 bits per heavy atom. The number of nitrogens with two attached hydrogens (primary N) is 1. The van der Waals surface area contributed by atoms with E-state index < -0.39 is 5.91 Å². The van der Waals surface area contributed by atoms with E-state index in [1.807, 2.05) is 13.8 Å². The number of rotatable bonds is 18. The number of ether oxygens (including phenoxy) is 2. The Labute approximate surface area is 170 Å². The second-order valence-electron chi connectivity index (χ2n) is 5.57. The van der Waals surface area contributed by atoms with Crippen LogP contribution in [0.1, 0.15) is 26.7 Å². The molecule has 1 atom stereocenters. The molecule has 0 bridgehead atoms. The van der Waals surface area contributed by atoms with E-state index in [1.165, 1.54) is 23.5 Å². The van der Waals surface area contributed by atoms with Gasteiger partial charge in [-0.2, -0.15) is 0 Å². The van der Waals surface area contributed by atoms with Gasteiger partial charge < -0.3 is 25.8 Å². The molecule has 0 saturated carbocycles. The lowest BCUT2D eigenvalue weighted by Gasteiger charge is -2.19. The van der Waals surface area contributed by atoms with Crippen LogP contribution < -0.4 is 16.4 Å². The lowest BCUT2D eigenvalue weighted by atomic mass is 10.1. The molecule has 0 saturated heterocycles. The smallest absolute Gasteiger partial charge is 0.230 e. The molecule has 0 rings (SSSR count). The van der Waals surface area contributed by atoms with Gasteiger partial charge in [0.15, 0.2) is 0 Å². The molecule has 27 heavy (non-hydrogen) atoms. The zero-order valence-corrected chi connectivity index (χ0v) is 17.9. The van der Waals surface area contributed by atoms with Gasteiger partial charge in [-0.05, 0) is 20.3 Å². The monoisotopic (exact) mass is 423 g/mol. The van der Waals surface area contributed by atoms with Crippen LogP contribution in [-0.4, -0.2) is 79.7 Å². The summed E-state index contributed by atoms with van der Waals surface area (Å²) < 4.78 is 10.4. The van der Waals surface area contributed by atoms with Crippen molar-refractivity contribution in [3.63, 3.8) is 0 Å². The standard InChI is InChI=1S/C17H33N3O5S2/c1-3-24-7-9-26-12-16(22)19-11-14(5-6-15(18)21)20-17(23)13-27-10-8-25-4-2/h14H,3-13H2,1-2H3,(H2,18,21)(H,19,22)(H,20,23). The molecule has 0 aliphatic carbocycles. The highest BCUT2D eigenvalue weighted by atomic mass is 32.2. The van der Waals surface area contributed by atoms with Gasteiger partial charge in [-0.25, -0.2) is 0 Å². The van der Waals surface area contributed by atoms with E-state index >= 15 is 0 Å². The fourth-order valence-corrected chi connectivity index (χ4v) is 3.27. The molecule has 4 N–H and O–H groups in total. The van der Waals surface area contributed by atoms with Crippen LogP contribution in [0.15, 0.2) is 0 Å². The minimum Gasteiger partial charge on any atom is -0.381 e. The molecule has 1 unspecified atom stereocenters. The molecular formula is C17H33N3O5S2. The van der Waals surface area contributed by atoms with Gasteiger partial charge in [0.25, 0.3) is 0 Å². The van der Waals surface area contributed by atoms with Crippen molar-refractivity contribution in [2.24, 2.45) is 5.73 Å². The Kier molecular flexibility index (Phi) is 17.7. The zero-order chi connectivity index (χ0) is 20.3. The maximum absolute atomic E-state index is 12.0. The molecular weight excluding hydrogens is 390 g/mol. The maximum Gasteiger partial charge on any atom is 0.230 e. The maximum atomic E-state index is 12.0. The SMILES string of the molecule is CCOCCSCC(=O)NCC(CCC(N)=O)NC(=O)CSCCOCC. The number of nitrogens with one attached hydrogen (secondary N) is 2. The van der Waals surface area contributed by atoms with Crippen LogP contribution >= 0.6 is 23.5 Å². The average Bonchev–Trinajstić information content (AvgIpc) is 2.63. The first-order valence-corrected chi connectivity index (χ1v) is 11.5. The Bertz CT molecular complexity index is 427. The topological polar surface area (TPSA) is 120 Å². The lowest BCUT2D eigenvalue weighted by molar-refractivity contribution is -0.121. The second kappa shape index (κ2) is 18.4. The van der Waals surface area contributed by atoms with Crippen molar-refractivity contribution >= 4 is 41.2 Å². The molecule has 0 aromatic carbocycles. The molecule has 158 valence electrons. The number of carbonyl (C=O) groups is 3. The average molecular weight is 424 g/mol. The molecule has 10 heteroatoms. The third-order valence-electron chi connectivity index (χ3n) is 3.27. The van der Waals surface area contributed by atoms with Crippen LogP contribution in [0.3, 0.4) is 0 Å². The van der Waals surface area contributed by atoms with Gasteiger partial charge in [-0.15, -0.1) is 23.5 Å². The summed E-state index contributed by atoms with van der Waals surface area (Å²) in [5.41, 5.74) is 5.19. The first-order valence-electron chi connectivity index (χ1n) is 9.14. The van der Waals surface area contributed by atoms with Gasteiger partial charge in [0.05, 0.1) is 24.7 Å². The normalized spacial score (nSPS) is 11.8. The van der Waals surface area contributed by atoms with Gasteiger partial charge in [-0.1, -0.05) is 0 Å². The first kappa shape index (κ1) is 26.0. The van der Waals surface area contributed by atoms with E-state index in [2.05, 4.69) is 10.6 Å². The predicted octanol–water partition coefficient (Wildman–Crippen LogP) is 0.392. The van der Waals surface area contributed by atoms with Crippen molar-refractivity contribution in [3.8, 4) is 0 Å². The van der Waals surface area contributed by atoms with Crippen molar-refractivity contribution in [3.05, 3.63) is 0 Å². The van der Waals surface area contributed by atoms with Gasteiger partial charge in [0, 0.05) is 43.7 Å². The minimum atomic E-state index is -0.432. The summed E-state index contributed by atoms with van der Waals surface area (Å²) in [7, 11) is 0. The number of hydrogen-bond acceptors (Lipinski definition) is 7. The third-order valence-corrected chi connectivity index (χ3v) is 5.11. The molecule has 0 aliphatic rings. The van der Waals surface area contributed by atoms with E-state index in [4.69, 9.17) is 15.2 Å². The zero-order valence-electron chi connectivity index (χ0n) is 16.3. The van der Waals surface area contributed by atoms with Gasteiger partial charge in [0.2, 0.25) is 17.7 Å². The highest BCUT2D eigenvalue weighted by molar-refractivity contribution is 8.00. The molecule has 0 fully saturated rings. The van der Waals surface area contributed by atoms with E-state index in [-0.39, 0.29) is 30.8 Å². The van der Waals surface area contributed by atoms with Crippen LogP contribution in [0.4, 0.5) is 0 Å². The molecule has 0 spiro atoms. The summed E-state index contributed by atoms with van der Waals surface area (Å²) in [6.45, 7) is 6.67. The molecule has 0 aromatic heterocycles. The summed E-state index contributed by atoms with van der Waals surface area (Å²) in [6.07, 6.45) is 0.545. The number of amides is 3. The number of primary amides is 1. The summed E-state index contributed by atoms with van der Waals surface area (Å²) >= 11 is 2.97. The fourth-order valence-electron chi connectivity index (χ4n) is 1.95. The van der Waals surface area contributed by atoms with Crippen LogP contribution in [0, 0.1) is 0 Å². The van der Waals surface area contributed by atoms with Crippen molar-refractivity contribution in [2.75, 3.05) is 56.0 Å². The van der Waals surface area contributed by atoms with Crippen LogP contribution in [0.25, 0.3) is 0 Å². The van der Waals surface area contributed by atoms with Crippen LogP contribution in [-0.2, 0) is 23.9 Å². The lowest BCUT2D eigenvalue weighted by Crippen LogP contribution is -2.45. The highest BCUT2D eigenvalue weighted by Crippen LogP contribution is 2.03. The Balaban J connectivity index is 4.12. The molecule has 0 radical (unpaired) electrons. The quantitative estimate of drug-likeness (QED) is 0.273. The largest absolute Gasteiger partial charge is 0.381 e. The van der Waals surface area contributed by atoms with Crippen molar-refractivity contribution in [2.45, 2.75) is 32.7 Å². The van der Waals surface area contributed by atoms with E-state index in [1.54, 1.807) is 0 Å². The fraction of sp³-hybridized carbons (Fsp3) is 0.824. The third kappa shape index (κ3) is 18.2. The Hall–Kier alpha value is -0.970. The molecule has 0 aliphatic heterocycles. The van der Waals surface area contributed by atoms with Gasteiger partial charge in [0.1, 0.15) is 0 Å². The number of hydrogen-bond donors (Lipinski definition) is 3. The molecule has 0 aromatic rings. The molecule has 8 nitrogen and oxygen atoms in total. The summed E-state index contributed by atoms with van der Waals surface area (Å²) in [5.74, 6) is 1.45. The van der Waals surface area contributed by atoms with Crippen molar-refractivity contribution < 1.29 is 23.9 Å². The van der Waals surface area contributed by atoms with E-state index in [0.29, 0.717) is 44.4 Å². The predicted molar refractivity (Wildman–Crippen MR) is 111 cm³/mol. The van der Waals surface area contributed by atoms with Gasteiger partial charge >= 0.3 is 0 Å². The Morgan fingerprint density at radius 1 is 0.963 bits per heavy atom. The minimum absolute atomic E-state index is 0.110. The van der Waals surface area contributed by atoms with Crippen LogP contribution in [0.2, 0.25) is 0 Å². The van der Waals surface area contributed by atoms with E-state index in [0.717, 1.165) is 11.5 Å². The van der Waals surface area contributed by atoms with E-state index in [9.17, 15) is 14.4 Å². The highest BCUT2D eigenvalue weighted by Gasteiger charge is 2.15. The summed E-state index contributed by atoms with van der Waals surface area (Å²) in [4.78, 5) is 34.9. The van der Waals surface area contributed by atoms with Crippen LogP contribution in [0.5, 0.6) is 0 Å². The summed E-state index contributed by atoms with van der Waals surface area (Å²) in [6, 6.07) is -0.324. The number of thioether (sulfide) groups is 2. The second-order valence-corrected chi connectivity index (χ2v) is 7.78. The summed E-state index contributed by atoms with van der Waals surface area (Å²) in [5, 5.41) is 5.65.